The van der Waals surface area contributed by atoms with Crippen molar-refractivity contribution < 1.29 is 13.6 Å². The predicted molar refractivity (Wildman–Crippen MR) is 70.2 cm³/mol. The van der Waals surface area contributed by atoms with Crippen LogP contribution in [0.1, 0.15) is 27.9 Å². The highest BCUT2D eigenvalue weighted by atomic mass is 19.1. The van der Waals surface area contributed by atoms with Crippen LogP contribution in [-0.4, -0.2) is 5.78 Å². The molecule has 0 spiro atoms. The minimum Gasteiger partial charge on any atom is -0.294 e. The van der Waals surface area contributed by atoms with Gasteiger partial charge in [-0.15, -0.1) is 0 Å². The third kappa shape index (κ3) is 3.05. The molecule has 19 heavy (non-hydrogen) atoms. The first kappa shape index (κ1) is 13.4. The number of ketones is 1. The summed E-state index contributed by atoms with van der Waals surface area (Å²) < 4.78 is 26.9. The van der Waals surface area contributed by atoms with E-state index in [1.165, 1.54) is 6.07 Å². The highest BCUT2D eigenvalue weighted by Gasteiger charge is 2.16. The topological polar surface area (TPSA) is 17.1 Å². The molecular weight excluding hydrogens is 246 g/mol. The fourth-order valence-electron chi connectivity index (χ4n) is 2.03. The third-order valence-corrected chi connectivity index (χ3v) is 3.12. The molecule has 2 rings (SSSR count). The molecule has 98 valence electrons. The molecule has 2 aromatic carbocycles. The maximum atomic E-state index is 13.4. The Kier molecular flexibility index (Phi) is 4.05. The van der Waals surface area contributed by atoms with E-state index >= 15 is 0 Å². The second kappa shape index (κ2) is 5.74. The number of rotatable bonds is 4. The number of Topliss-reactive ketones (excluding diaryl/α,β-unsaturated/α-hetero) is 1. The lowest BCUT2D eigenvalue weighted by Gasteiger charge is -2.06. The van der Waals surface area contributed by atoms with E-state index in [1.807, 2.05) is 31.2 Å². The van der Waals surface area contributed by atoms with E-state index in [2.05, 4.69) is 0 Å². The monoisotopic (exact) mass is 260 g/mol. The Balaban J connectivity index is 2.13. The molecule has 0 aliphatic carbocycles. The summed E-state index contributed by atoms with van der Waals surface area (Å²) in [7, 11) is 0. The minimum absolute atomic E-state index is 0.0999. The number of halogens is 2. The quantitative estimate of drug-likeness (QED) is 0.757. The number of hydrogen-bond acceptors (Lipinski definition) is 1. The van der Waals surface area contributed by atoms with Crippen LogP contribution < -0.4 is 0 Å². The number of carbonyl (C=O) groups is 1. The molecule has 0 radical (unpaired) electrons. The van der Waals surface area contributed by atoms with Crippen molar-refractivity contribution in [3.8, 4) is 0 Å². The van der Waals surface area contributed by atoms with Gasteiger partial charge in [0.1, 0.15) is 11.6 Å². The molecule has 0 amide bonds. The molecule has 0 saturated carbocycles. The van der Waals surface area contributed by atoms with E-state index in [1.54, 1.807) is 0 Å². The molecule has 0 bridgehead atoms. The van der Waals surface area contributed by atoms with Crippen LogP contribution in [0.3, 0.4) is 0 Å². The van der Waals surface area contributed by atoms with Gasteiger partial charge in [0, 0.05) is 6.42 Å². The molecule has 0 atom stereocenters. The molecule has 0 aliphatic heterocycles. The summed E-state index contributed by atoms with van der Waals surface area (Å²) in [5, 5.41) is 0. The van der Waals surface area contributed by atoms with Gasteiger partial charge in [-0.25, -0.2) is 8.78 Å². The Bertz CT molecular complexity index is 585. The van der Waals surface area contributed by atoms with Crippen LogP contribution in [0.4, 0.5) is 8.78 Å². The maximum absolute atomic E-state index is 13.4. The lowest BCUT2D eigenvalue weighted by molar-refractivity contribution is 0.0974. The summed E-state index contributed by atoms with van der Waals surface area (Å²) >= 11 is 0. The largest absolute Gasteiger partial charge is 0.294 e. The van der Waals surface area contributed by atoms with Crippen molar-refractivity contribution in [3.63, 3.8) is 0 Å². The summed E-state index contributed by atoms with van der Waals surface area (Å²) in [6, 6.07) is 11.1. The highest BCUT2D eigenvalue weighted by Crippen LogP contribution is 2.17. The first-order valence-corrected chi connectivity index (χ1v) is 6.11. The molecular formula is C16H14F2O. The lowest BCUT2D eigenvalue weighted by atomic mass is 9.99. The molecule has 0 aromatic heterocycles. The zero-order chi connectivity index (χ0) is 13.8. The molecule has 0 fully saturated rings. The van der Waals surface area contributed by atoms with Crippen molar-refractivity contribution in [2.75, 3.05) is 0 Å². The fourth-order valence-corrected chi connectivity index (χ4v) is 2.03. The van der Waals surface area contributed by atoms with Gasteiger partial charge < -0.3 is 0 Å². The van der Waals surface area contributed by atoms with Crippen LogP contribution in [0.5, 0.6) is 0 Å². The Morgan fingerprint density at radius 3 is 2.26 bits per heavy atom. The third-order valence-electron chi connectivity index (χ3n) is 3.12. The standard InChI is InChI=1S/C16H14F2O/c1-11-5-2-3-6-12(11)9-10-15(19)16-13(17)7-4-8-14(16)18/h2-8H,9-10H2,1H3. The fraction of sp³-hybridized carbons (Fsp3) is 0.188. The van der Waals surface area contributed by atoms with Gasteiger partial charge in [0.15, 0.2) is 5.78 Å². The normalized spacial score (nSPS) is 10.5. The molecule has 2 aromatic rings. The van der Waals surface area contributed by atoms with Gasteiger partial charge in [0.05, 0.1) is 5.56 Å². The van der Waals surface area contributed by atoms with Gasteiger partial charge in [-0.05, 0) is 36.6 Å². The van der Waals surface area contributed by atoms with Crippen molar-refractivity contribution in [3.05, 3.63) is 70.8 Å². The number of carbonyl (C=O) groups excluding carboxylic acids is 1. The number of benzene rings is 2. The lowest BCUT2D eigenvalue weighted by Crippen LogP contribution is -2.07. The second-order valence-electron chi connectivity index (χ2n) is 4.45. The average molecular weight is 260 g/mol. The van der Waals surface area contributed by atoms with Crippen LogP contribution in [0.2, 0.25) is 0 Å². The van der Waals surface area contributed by atoms with Crippen LogP contribution in [0, 0.1) is 18.6 Å². The first-order chi connectivity index (χ1) is 9.09. The van der Waals surface area contributed by atoms with E-state index in [0.29, 0.717) is 6.42 Å². The van der Waals surface area contributed by atoms with Crippen molar-refractivity contribution in [2.24, 2.45) is 0 Å². The van der Waals surface area contributed by atoms with E-state index in [-0.39, 0.29) is 6.42 Å². The minimum atomic E-state index is -0.796. The first-order valence-electron chi connectivity index (χ1n) is 6.11. The van der Waals surface area contributed by atoms with Gasteiger partial charge in [-0.1, -0.05) is 30.3 Å². The van der Waals surface area contributed by atoms with Crippen molar-refractivity contribution in [1.29, 1.82) is 0 Å². The maximum Gasteiger partial charge on any atom is 0.169 e. The van der Waals surface area contributed by atoms with Crippen molar-refractivity contribution in [1.82, 2.24) is 0 Å². The zero-order valence-electron chi connectivity index (χ0n) is 10.6. The number of aryl methyl sites for hydroxylation is 2. The summed E-state index contributed by atoms with van der Waals surface area (Å²) in [6.45, 7) is 1.95. The summed E-state index contributed by atoms with van der Waals surface area (Å²) in [5.41, 5.74) is 1.66. The van der Waals surface area contributed by atoms with Gasteiger partial charge in [0.25, 0.3) is 0 Å². The summed E-state index contributed by atoms with van der Waals surface area (Å²) in [6.07, 6.45) is 0.585. The van der Waals surface area contributed by atoms with Gasteiger partial charge in [-0.2, -0.15) is 0 Å². The molecule has 1 nitrogen and oxygen atoms in total. The van der Waals surface area contributed by atoms with Gasteiger partial charge in [0.2, 0.25) is 0 Å². The predicted octanol–water partition coefficient (Wildman–Crippen LogP) is 4.09. The average Bonchev–Trinajstić information content (AvgIpc) is 2.37. The van der Waals surface area contributed by atoms with Crippen LogP contribution in [-0.2, 0) is 6.42 Å². The van der Waals surface area contributed by atoms with E-state index < -0.39 is 23.0 Å². The molecule has 3 heteroatoms. The van der Waals surface area contributed by atoms with Gasteiger partial charge >= 0.3 is 0 Å². The Morgan fingerprint density at radius 2 is 1.63 bits per heavy atom. The second-order valence-corrected chi connectivity index (χ2v) is 4.45. The van der Waals surface area contributed by atoms with E-state index in [4.69, 9.17) is 0 Å². The van der Waals surface area contributed by atoms with E-state index in [9.17, 15) is 13.6 Å². The van der Waals surface area contributed by atoms with Crippen molar-refractivity contribution >= 4 is 5.78 Å². The number of hydrogen-bond donors (Lipinski definition) is 0. The Hall–Kier alpha value is -2.03. The Labute approximate surface area is 110 Å². The molecule has 0 heterocycles. The summed E-state index contributed by atoms with van der Waals surface area (Å²) in [4.78, 5) is 11.9. The van der Waals surface area contributed by atoms with Crippen LogP contribution in [0.15, 0.2) is 42.5 Å². The molecule has 0 aliphatic rings. The smallest absolute Gasteiger partial charge is 0.169 e. The highest BCUT2D eigenvalue weighted by molar-refractivity contribution is 5.96. The molecule has 0 N–H and O–H groups in total. The molecule has 0 unspecified atom stereocenters. The summed E-state index contributed by atoms with van der Waals surface area (Å²) in [5.74, 6) is -2.09. The van der Waals surface area contributed by atoms with Crippen LogP contribution in [0.25, 0.3) is 0 Å². The zero-order valence-corrected chi connectivity index (χ0v) is 10.6. The molecule has 0 saturated heterocycles. The van der Waals surface area contributed by atoms with Gasteiger partial charge in [-0.3, -0.25) is 4.79 Å². The Morgan fingerprint density at radius 1 is 1.00 bits per heavy atom. The van der Waals surface area contributed by atoms with E-state index in [0.717, 1.165) is 23.3 Å². The SMILES string of the molecule is Cc1ccccc1CCC(=O)c1c(F)cccc1F. The van der Waals surface area contributed by atoms with Crippen molar-refractivity contribution in [2.45, 2.75) is 19.8 Å². The van der Waals surface area contributed by atoms with Crippen LogP contribution >= 0.6 is 0 Å².